The van der Waals surface area contributed by atoms with E-state index < -0.39 is 18.0 Å². The number of aryl methyl sites for hydroxylation is 4. The number of aromatic nitrogens is 1. The highest BCUT2D eigenvalue weighted by atomic mass is 16.5. The van der Waals surface area contributed by atoms with Gasteiger partial charge in [0.05, 0.1) is 12.1 Å². The Morgan fingerprint density at radius 2 is 1.71 bits per heavy atom. The Kier molecular flexibility index (Phi) is 6.44. The van der Waals surface area contributed by atoms with Gasteiger partial charge in [0.2, 0.25) is 5.91 Å². The number of para-hydroxylation sites is 1. The number of esters is 1. The quantitative estimate of drug-likeness (QED) is 0.528. The Hall–Kier alpha value is -3.61. The fourth-order valence-corrected chi connectivity index (χ4v) is 3.38. The molecule has 0 aliphatic rings. The predicted octanol–water partition coefficient (Wildman–Crippen LogP) is 3.70. The molecule has 0 saturated heterocycles. The molecule has 0 saturated carbocycles. The number of ether oxygens (including phenoxy) is 1. The van der Waals surface area contributed by atoms with Crippen LogP contribution in [0.1, 0.15) is 39.7 Å². The minimum atomic E-state index is -1.04. The number of hydrogen-bond donors (Lipinski definition) is 3. The number of amides is 2. The van der Waals surface area contributed by atoms with Crippen LogP contribution in [-0.4, -0.2) is 35.4 Å². The van der Waals surface area contributed by atoms with E-state index >= 15 is 0 Å². The molecule has 0 unspecified atom stereocenters. The van der Waals surface area contributed by atoms with Crippen LogP contribution >= 0.6 is 0 Å². The molecule has 0 radical (unpaired) electrons. The second-order valence-corrected chi connectivity index (χ2v) is 7.72. The third-order valence-corrected chi connectivity index (χ3v) is 5.37. The van der Waals surface area contributed by atoms with E-state index in [0.717, 1.165) is 39.0 Å². The van der Waals surface area contributed by atoms with E-state index in [9.17, 15) is 14.4 Å². The van der Waals surface area contributed by atoms with Gasteiger partial charge < -0.3 is 20.4 Å². The van der Waals surface area contributed by atoms with Crippen LogP contribution in [0.25, 0.3) is 10.9 Å². The number of H-pyrrole nitrogens is 1. The summed E-state index contributed by atoms with van der Waals surface area (Å²) in [5, 5.41) is 6.24. The molecule has 7 nitrogen and oxygen atoms in total. The van der Waals surface area contributed by atoms with Crippen molar-refractivity contribution in [2.75, 3.05) is 11.9 Å². The number of carbonyl (C=O) groups is 3. The first-order valence-electron chi connectivity index (χ1n) is 10.1. The van der Waals surface area contributed by atoms with E-state index in [2.05, 4.69) is 15.6 Å². The fourth-order valence-electron chi connectivity index (χ4n) is 3.38. The molecule has 0 aliphatic heterocycles. The van der Waals surface area contributed by atoms with E-state index in [0.29, 0.717) is 5.56 Å². The van der Waals surface area contributed by atoms with Gasteiger partial charge in [-0.05, 0) is 69.5 Å². The summed E-state index contributed by atoms with van der Waals surface area (Å²) >= 11 is 0. The molecule has 0 fully saturated rings. The summed E-state index contributed by atoms with van der Waals surface area (Å²) in [6, 6.07) is 10.9. The van der Waals surface area contributed by atoms with Crippen molar-refractivity contribution < 1.29 is 19.1 Å². The molecule has 0 bridgehead atoms. The zero-order valence-electron chi connectivity index (χ0n) is 18.4. The van der Waals surface area contributed by atoms with Crippen LogP contribution in [0.15, 0.2) is 36.4 Å². The molecule has 1 heterocycles. The number of anilines is 1. The van der Waals surface area contributed by atoms with Gasteiger partial charge in [-0.25, -0.2) is 4.79 Å². The second-order valence-electron chi connectivity index (χ2n) is 7.72. The van der Waals surface area contributed by atoms with Gasteiger partial charge in [0.25, 0.3) is 5.91 Å². The summed E-state index contributed by atoms with van der Waals surface area (Å²) in [5.74, 6) is -1.49. The van der Waals surface area contributed by atoms with Gasteiger partial charge in [0.1, 0.15) is 0 Å². The number of benzene rings is 2. The maximum Gasteiger partial charge on any atom is 0.338 e. The minimum absolute atomic E-state index is 0.220. The van der Waals surface area contributed by atoms with Gasteiger partial charge in [-0.15, -0.1) is 0 Å². The first-order valence-corrected chi connectivity index (χ1v) is 10.1. The zero-order valence-corrected chi connectivity index (χ0v) is 18.4. The van der Waals surface area contributed by atoms with E-state index in [1.807, 2.05) is 52.0 Å². The molecular weight excluding hydrogens is 394 g/mol. The van der Waals surface area contributed by atoms with Gasteiger partial charge in [0.15, 0.2) is 6.10 Å². The molecule has 3 aromatic rings. The highest BCUT2D eigenvalue weighted by Crippen LogP contribution is 2.23. The van der Waals surface area contributed by atoms with Crippen LogP contribution in [0.2, 0.25) is 0 Å². The minimum Gasteiger partial charge on any atom is -0.449 e. The lowest BCUT2D eigenvalue weighted by Gasteiger charge is -2.15. The lowest BCUT2D eigenvalue weighted by atomic mass is 10.1. The van der Waals surface area contributed by atoms with E-state index in [4.69, 9.17) is 4.74 Å². The van der Waals surface area contributed by atoms with Crippen LogP contribution in [0.4, 0.5) is 5.69 Å². The number of rotatable bonds is 6. The monoisotopic (exact) mass is 421 g/mol. The van der Waals surface area contributed by atoms with Gasteiger partial charge in [-0.2, -0.15) is 0 Å². The summed E-state index contributed by atoms with van der Waals surface area (Å²) in [6.07, 6.45) is -1.04. The van der Waals surface area contributed by atoms with Crippen molar-refractivity contribution in [3.05, 3.63) is 64.3 Å². The second kappa shape index (κ2) is 9.04. The third kappa shape index (κ3) is 4.94. The Morgan fingerprint density at radius 1 is 1.03 bits per heavy atom. The standard InChI is InChI=1S/C24H27N3O4/c1-13-7-6-8-14(2)22(13)27-21(28)12-25-23(29)17(5)31-24(30)18-9-10-20-19(11-18)15(3)16(4)26-20/h6-11,17,26H,12H2,1-5H3,(H,25,29)(H,27,28)/t17-/m0/s1. The highest BCUT2D eigenvalue weighted by molar-refractivity contribution is 5.98. The third-order valence-electron chi connectivity index (χ3n) is 5.37. The molecule has 2 aromatic carbocycles. The van der Waals surface area contributed by atoms with Crippen molar-refractivity contribution >= 4 is 34.4 Å². The topological polar surface area (TPSA) is 100 Å². The molecule has 2 amide bonds. The Bertz CT molecular complexity index is 1140. The van der Waals surface area contributed by atoms with Crippen LogP contribution in [0.3, 0.4) is 0 Å². The highest BCUT2D eigenvalue weighted by Gasteiger charge is 2.20. The number of aromatic amines is 1. The SMILES string of the molecule is Cc1cccc(C)c1NC(=O)CNC(=O)[C@H](C)OC(=O)c1ccc2[nH]c(C)c(C)c2c1. The summed E-state index contributed by atoms with van der Waals surface area (Å²) in [7, 11) is 0. The van der Waals surface area contributed by atoms with Crippen LogP contribution in [-0.2, 0) is 14.3 Å². The van der Waals surface area contributed by atoms with Crippen molar-refractivity contribution in [2.45, 2.75) is 40.7 Å². The van der Waals surface area contributed by atoms with Crippen molar-refractivity contribution in [1.29, 1.82) is 0 Å². The lowest BCUT2D eigenvalue weighted by Crippen LogP contribution is -2.40. The zero-order chi connectivity index (χ0) is 22.7. The molecule has 7 heteroatoms. The number of nitrogens with one attached hydrogen (secondary N) is 3. The fraction of sp³-hybridized carbons (Fsp3) is 0.292. The lowest BCUT2D eigenvalue weighted by molar-refractivity contribution is -0.130. The Morgan fingerprint density at radius 3 is 2.39 bits per heavy atom. The van der Waals surface area contributed by atoms with Crippen LogP contribution < -0.4 is 10.6 Å². The average Bonchev–Trinajstić information content (AvgIpc) is 3.02. The summed E-state index contributed by atoms with van der Waals surface area (Å²) < 4.78 is 5.29. The normalized spacial score (nSPS) is 11.8. The number of carbonyl (C=O) groups excluding carboxylic acids is 3. The first-order chi connectivity index (χ1) is 14.7. The van der Waals surface area contributed by atoms with E-state index in [-0.39, 0.29) is 12.5 Å². The van der Waals surface area contributed by atoms with Crippen LogP contribution in [0, 0.1) is 27.7 Å². The Balaban J connectivity index is 1.56. The maximum atomic E-state index is 12.5. The largest absolute Gasteiger partial charge is 0.449 e. The molecule has 162 valence electrons. The predicted molar refractivity (Wildman–Crippen MR) is 120 cm³/mol. The summed E-state index contributed by atoms with van der Waals surface area (Å²) in [4.78, 5) is 40.2. The molecule has 3 rings (SSSR count). The number of hydrogen-bond acceptors (Lipinski definition) is 4. The summed E-state index contributed by atoms with van der Waals surface area (Å²) in [5.41, 5.74) is 6.00. The smallest absolute Gasteiger partial charge is 0.338 e. The first kappa shape index (κ1) is 22.1. The van der Waals surface area contributed by atoms with Gasteiger partial charge in [-0.3, -0.25) is 9.59 Å². The number of fused-ring (bicyclic) bond motifs is 1. The maximum absolute atomic E-state index is 12.5. The molecule has 0 spiro atoms. The van der Waals surface area contributed by atoms with Gasteiger partial charge >= 0.3 is 5.97 Å². The van der Waals surface area contributed by atoms with Crippen molar-refractivity contribution in [2.24, 2.45) is 0 Å². The van der Waals surface area contributed by atoms with Crippen molar-refractivity contribution in [3.8, 4) is 0 Å². The molecule has 1 atom stereocenters. The average molecular weight is 421 g/mol. The van der Waals surface area contributed by atoms with E-state index in [1.165, 1.54) is 6.92 Å². The molecule has 31 heavy (non-hydrogen) atoms. The summed E-state index contributed by atoms with van der Waals surface area (Å²) in [6.45, 7) is 9.00. The molecular formula is C24H27N3O4. The van der Waals surface area contributed by atoms with Gasteiger partial charge in [-0.1, -0.05) is 18.2 Å². The molecule has 1 aromatic heterocycles. The van der Waals surface area contributed by atoms with E-state index in [1.54, 1.807) is 12.1 Å². The van der Waals surface area contributed by atoms with Crippen molar-refractivity contribution in [1.82, 2.24) is 10.3 Å². The Labute approximate surface area is 181 Å². The molecule has 3 N–H and O–H groups in total. The molecule has 0 aliphatic carbocycles. The van der Waals surface area contributed by atoms with Crippen LogP contribution in [0.5, 0.6) is 0 Å². The van der Waals surface area contributed by atoms with Gasteiger partial charge in [0, 0.05) is 22.3 Å². The van der Waals surface area contributed by atoms with Crippen molar-refractivity contribution in [3.63, 3.8) is 0 Å².